The number of rotatable bonds is 5. The lowest BCUT2D eigenvalue weighted by molar-refractivity contribution is -0.138. The standard InChI is InChI=1S/C22H18F3N3O3/c1-30-19-8-7-14(11-20(19)31-2)17-12-18-21(29)27(9-10-28(18)26-17)13-15-5-3-4-6-16(15)22(23,24)25/h3-12H,13H2,1-2H3. The molecule has 0 bridgehead atoms. The quantitative estimate of drug-likeness (QED) is 0.476. The topological polar surface area (TPSA) is 57.8 Å². The van der Waals surface area contributed by atoms with E-state index in [1.54, 1.807) is 24.3 Å². The normalized spacial score (nSPS) is 11.6. The summed E-state index contributed by atoms with van der Waals surface area (Å²) < 4.78 is 53.0. The van der Waals surface area contributed by atoms with Crippen LogP contribution in [-0.4, -0.2) is 28.4 Å². The summed E-state index contributed by atoms with van der Waals surface area (Å²) >= 11 is 0. The summed E-state index contributed by atoms with van der Waals surface area (Å²) in [6, 6.07) is 12.0. The third kappa shape index (κ3) is 3.86. The molecule has 0 unspecified atom stereocenters. The highest BCUT2D eigenvalue weighted by Crippen LogP contribution is 2.33. The summed E-state index contributed by atoms with van der Waals surface area (Å²) in [5, 5.41) is 4.41. The maximum Gasteiger partial charge on any atom is 0.416 e. The molecule has 4 aromatic rings. The lowest BCUT2D eigenvalue weighted by Gasteiger charge is -2.13. The fourth-order valence-electron chi connectivity index (χ4n) is 3.41. The van der Waals surface area contributed by atoms with E-state index >= 15 is 0 Å². The van der Waals surface area contributed by atoms with E-state index in [4.69, 9.17) is 9.47 Å². The zero-order valence-corrected chi connectivity index (χ0v) is 16.7. The summed E-state index contributed by atoms with van der Waals surface area (Å²) in [6.07, 6.45) is -1.54. The third-order valence-electron chi connectivity index (χ3n) is 4.95. The molecule has 0 N–H and O–H groups in total. The van der Waals surface area contributed by atoms with Crippen LogP contribution in [0.25, 0.3) is 16.8 Å². The maximum absolute atomic E-state index is 13.3. The average Bonchev–Trinajstić information content (AvgIpc) is 3.20. The van der Waals surface area contributed by atoms with Gasteiger partial charge in [-0.1, -0.05) is 18.2 Å². The minimum absolute atomic E-state index is 0.0149. The Labute approximate surface area is 175 Å². The van der Waals surface area contributed by atoms with Gasteiger partial charge in [0, 0.05) is 18.0 Å². The Kier molecular flexibility index (Phi) is 5.18. The van der Waals surface area contributed by atoms with Crippen LogP contribution in [-0.2, 0) is 12.7 Å². The smallest absolute Gasteiger partial charge is 0.416 e. The highest BCUT2D eigenvalue weighted by atomic mass is 19.4. The van der Waals surface area contributed by atoms with Crippen molar-refractivity contribution < 1.29 is 22.6 Å². The lowest BCUT2D eigenvalue weighted by Crippen LogP contribution is -2.23. The fraction of sp³-hybridized carbons (Fsp3) is 0.182. The van der Waals surface area contributed by atoms with Crippen molar-refractivity contribution in [3.63, 3.8) is 0 Å². The van der Waals surface area contributed by atoms with Crippen molar-refractivity contribution in [3.8, 4) is 22.8 Å². The van der Waals surface area contributed by atoms with Crippen LogP contribution in [0.2, 0.25) is 0 Å². The average molecular weight is 429 g/mol. The molecule has 9 heteroatoms. The minimum Gasteiger partial charge on any atom is -0.493 e. The molecule has 160 valence electrons. The number of methoxy groups -OCH3 is 2. The van der Waals surface area contributed by atoms with Crippen LogP contribution in [0.5, 0.6) is 11.5 Å². The minimum atomic E-state index is -4.50. The molecule has 0 aliphatic heterocycles. The first kappa shape index (κ1) is 20.5. The van der Waals surface area contributed by atoms with Crippen LogP contribution in [0.4, 0.5) is 13.2 Å². The molecule has 0 radical (unpaired) electrons. The molecule has 0 fully saturated rings. The molecular formula is C22H18F3N3O3. The molecule has 0 spiro atoms. The van der Waals surface area contributed by atoms with Gasteiger partial charge in [0.25, 0.3) is 5.56 Å². The number of benzene rings is 2. The van der Waals surface area contributed by atoms with Gasteiger partial charge in [0.05, 0.1) is 32.0 Å². The predicted octanol–water partition coefficient (Wildman–Crippen LogP) is 4.25. The molecular weight excluding hydrogens is 411 g/mol. The molecule has 0 aliphatic carbocycles. The molecule has 2 aromatic carbocycles. The monoisotopic (exact) mass is 429 g/mol. The van der Waals surface area contributed by atoms with Gasteiger partial charge in [-0.15, -0.1) is 0 Å². The van der Waals surface area contributed by atoms with Crippen LogP contribution in [0.3, 0.4) is 0 Å². The van der Waals surface area contributed by atoms with Crippen LogP contribution in [0.1, 0.15) is 11.1 Å². The second kappa shape index (κ2) is 7.82. The number of nitrogens with zero attached hydrogens (tertiary/aromatic N) is 3. The number of hydrogen-bond acceptors (Lipinski definition) is 4. The summed E-state index contributed by atoms with van der Waals surface area (Å²) in [5.41, 5.74) is 0.277. The number of hydrogen-bond donors (Lipinski definition) is 0. The van der Waals surface area contributed by atoms with Gasteiger partial charge in [-0.05, 0) is 35.9 Å². The number of halogens is 3. The van der Waals surface area contributed by atoms with E-state index in [-0.39, 0.29) is 17.6 Å². The van der Waals surface area contributed by atoms with Crippen molar-refractivity contribution in [1.82, 2.24) is 14.2 Å². The molecule has 0 saturated carbocycles. The summed E-state index contributed by atoms with van der Waals surface area (Å²) in [7, 11) is 3.05. The molecule has 6 nitrogen and oxygen atoms in total. The van der Waals surface area contributed by atoms with Crippen LogP contribution < -0.4 is 15.0 Å². The molecule has 0 saturated heterocycles. The summed E-state index contributed by atoms with van der Waals surface area (Å²) in [4.78, 5) is 12.9. The van der Waals surface area contributed by atoms with E-state index in [1.807, 2.05) is 0 Å². The Balaban J connectivity index is 1.74. The van der Waals surface area contributed by atoms with Gasteiger partial charge >= 0.3 is 6.18 Å². The first-order chi connectivity index (χ1) is 14.8. The molecule has 4 rings (SSSR count). The van der Waals surface area contributed by atoms with E-state index in [0.29, 0.717) is 22.8 Å². The van der Waals surface area contributed by atoms with E-state index < -0.39 is 17.3 Å². The van der Waals surface area contributed by atoms with Crippen molar-refractivity contribution in [2.24, 2.45) is 0 Å². The number of alkyl halides is 3. The van der Waals surface area contributed by atoms with Gasteiger partial charge < -0.3 is 14.0 Å². The van der Waals surface area contributed by atoms with Gasteiger partial charge in [-0.3, -0.25) is 4.79 Å². The zero-order valence-electron chi connectivity index (χ0n) is 16.7. The van der Waals surface area contributed by atoms with Gasteiger partial charge in [0.2, 0.25) is 0 Å². The van der Waals surface area contributed by atoms with Crippen molar-refractivity contribution >= 4 is 5.52 Å². The Morgan fingerprint density at radius 2 is 1.71 bits per heavy atom. The fourth-order valence-corrected chi connectivity index (χ4v) is 3.41. The van der Waals surface area contributed by atoms with E-state index in [1.165, 1.54) is 53.9 Å². The van der Waals surface area contributed by atoms with Crippen LogP contribution in [0, 0.1) is 0 Å². The number of aromatic nitrogens is 3. The predicted molar refractivity (Wildman–Crippen MR) is 109 cm³/mol. The summed E-state index contributed by atoms with van der Waals surface area (Å²) in [5.74, 6) is 1.07. The second-order valence-corrected chi connectivity index (χ2v) is 6.82. The largest absolute Gasteiger partial charge is 0.493 e. The molecule has 2 aromatic heterocycles. The third-order valence-corrected chi connectivity index (χ3v) is 4.95. The second-order valence-electron chi connectivity index (χ2n) is 6.82. The van der Waals surface area contributed by atoms with Gasteiger partial charge in [0.15, 0.2) is 11.5 Å². The molecule has 2 heterocycles. The first-order valence-electron chi connectivity index (χ1n) is 9.28. The Morgan fingerprint density at radius 3 is 2.42 bits per heavy atom. The van der Waals surface area contributed by atoms with Crippen molar-refractivity contribution in [2.75, 3.05) is 14.2 Å². The van der Waals surface area contributed by atoms with Crippen LogP contribution in [0.15, 0.2) is 65.7 Å². The Morgan fingerprint density at radius 1 is 0.968 bits per heavy atom. The Bertz CT molecular complexity index is 1310. The molecule has 0 amide bonds. The molecule has 0 atom stereocenters. The molecule has 31 heavy (non-hydrogen) atoms. The zero-order chi connectivity index (χ0) is 22.2. The summed E-state index contributed by atoms with van der Waals surface area (Å²) in [6.45, 7) is -0.206. The number of ether oxygens (including phenoxy) is 2. The first-order valence-corrected chi connectivity index (χ1v) is 9.28. The van der Waals surface area contributed by atoms with Gasteiger partial charge in [0.1, 0.15) is 5.52 Å². The number of fused-ring (bicyclic) bond motifs is 1. The van der Waals surface area contributed by atoms with E-state index in [2.05, 4.69) is 5.10 Å². The van der Waals surface area contributed by atoms with Gasteiger partial charge in [-0.25, -0.2) is 4.52 Å². The lowest BCUT2D eigenvalue weighted by atomic mass is 10.1. The van der Waals surface area contributed by atoms with E-state index in [9.17, 15) is 18.0 Å². The molecule has 0 aliphatic rings. The van der Waals surface area contributed by atoms with E-state index in [0.717, 1.165) is 6.07 Å². The van der Waals surface area contributed by atoms with Crippen molar-refractivity contribution in [1.29, 1.82) is 0 Å². The maximum atomic E-state index is 13.3. The SMILES string of the molecule is COc1ccc(-c2cc3c(=O)n(Cc4ccccc4C(F)(F)F)ccn3n2)cc1OC. The van der Waals surface area contributed by atoms with Crippen molar-refractivity contribution in [2.45, 2.75) is 12.7 Å². The highest BCUT2D eigenvalue weighted by Gasteiger charge is 2.33. The van der Waals surface area contributed by atoms with Gasteiger partial charge in [-0.2, -0.15) is 18.3 Å². The Hall–Kier alpha value is -3.75. The van der Waals surface area contributed by atoms with Crippen LogP contribution >= 0.6 is 0 Å². The van der Waals surface area contributed by atoms with Crippen molar-refractivity contribution in [3.05, 3.63) is 82.4 Å². The highest BCUT2D eigenvalue weighted by molar-refractivity contribution is 5.68.